The highest BCUT2D eigenvalue weighted by Crippen LogP contribution is 2.16. The van der Waals surface area contributed by atoms with E-state index in [9.17, 15) is 0 Å². The van der Waals surface area contributed by atoms with E-state index in [1.54, 1.807) is 12.1 Å². The third-order valence-corrected chi connectivity index (χ3v) is 3.25. The summed E-state index contributed by atoms with van der Waals surface area (Å²) in [5, 5.41) is 18.0. The van der Waals surface area contributed by atoms with Crippen molar-refractivity contribution in [3.05, 3.63) is 107 Å². The lowest BCUT2D eigenvalue weighted by molar-refractivity contribution is 1.42. The van der Waals surface area contributed by atoms with Crippen LogP contribution in [0.3, 0.4) is 0 Å². The molecule has 0 aromatic heterocycles. The fourth-order valence-electron chi connectivity index (χ4n) is 2.06. The molecule has 0 spiro atoms. The van der Waals surface area contributed by atoms with E-state index in [-0.39, 0.29) is 0 Å². The lowest BCUT2D eigenvalue weighted by atomic mass is 10.0. The number of nitriles is 2. The number of hydrogen-bond donors (Lipinski definition) is 0. The van der Waals surface area contributed by atoms with E-state index in [1.807, 2.05) is 91.0 Å². The quantitative estimate of drug-likeness (QED) is 0.604. The van der Waals surface area contributed by atoms with Crippen molar-refractivity contribution in [1.82, 2.24) is 0 Å². The van der Waals surface area contributed by atoms with Crippen LogP contribution in [0.5, 0.6) is 0 Å². The summed E-state index contributed by atoms with van der Waals surface area (Å²) < 4.78 is 0. The van der Waals surface area contributed by atoms with Crippen LogP contribution in [0.1, 0.15) is 22.3 Å². The second-order valence-electron chi connectivity index (χ2n) is 4.89. The van der Waals surface area contributed by atoms with Gasteiger partial charge in [-0.3, -0.25) is 0 Å². The molecule has 0 aliphatic carbocycles. The fraction of sp³-hybridized carbons (Fsp3) is 0. The monoisotopic (exact) mass is 308 g/mol. The second-order valence-corrected chi connectivity index (χ2v) is 4.89. The lowest BCUT2D eigenvalue weighted by Crippen LogP contribution is -1.87. The summed E-state index contributed by atoms with van der Waals surface area (Å²) in [5.74, 6) is 0. The van der Waals surface area contributed by atoms with Crippen molar-refractivity contribution in [2.24, 2.45) is 0 Å². The van der Waals surface area contributed by atoms with Gasteiger partial charge in [0, 0.05) is 0 Å². The summed E-state index contributed by atoms with van der Waals surface area (Å²) in [5.41, 5.74) is 2.66. The summed E-state index contributed by atoms with van der Waals surface area (Å²) in [4.78, 5) is 0. The minimum absolute atomic E-state index is 0.410. The highest BCUT2D eigenvalue weighted by molar-refractivity contribution is 5.74. The molecular formula is C22H16N2. The molecule has 0 saturated carbocycles. The Labute approximate surface area is 142 Å². The van der Waals surface area contributed by atoms with E-state index in [1.165, 1.54) is 0 Å². The minimum Gasteiger partial charge on any atom is -0.192 e. The molecule has 0 amide bonds. The number of nitrogens with zero attached hydrogens (tertiary/aromatic N) is 2. The second kappa shape index (κ2) is 9.41. The Hall–Kier alpha value is -3.62. The van der Waals surface area contributed by atoms with E-state index >= 15 is 0 Å². The van der Waals surface area contributed by atoms with Gasteiger partial charge >= 0.3 is 0 Å². The van der Waals surface area contributed by atoms with Gasteiger partial charge in [0.15, 0.2) is 0 Å². The molecule has 0 aliphatic heterocycles. The van der Waals surface area contributed by atoms with Crippen LogP contribution >= 0.6 is 0 Å². The minimum atomic E-state index is 0.410. The Morgan fingerprint density at radius 2 is 1.17 bits per heavy atom. The summed E-state index contributed by atoms with van der Waals surface area (Å²) in [6, 6.07) is 31.2. The molecule has 0 heterocycles. The first-order chi connectivity index (χ1) is 11.8. The molecule has 0 saturated heterocycles. The van der Waals surface area contributed by atoms with Gasteiger partial charge in [-0.15, -0.1) is 0 Å². The average molecular weight is 308 g/mol. The van der Waals surface area contributed by atoms with Crippen molar-refractivity contribution in [3.63, 3.8) is 0 Å². The lowest BCUT2D eigenvalue weighted by Gasteiger charge is -1.99. The van der Waals surface area contributed by atoms with Gasteiger partial charge in [0.25, 0.3) is 0 Å². The average Bonchev–Trinajstić information content (AvgIpc) is 2.68. The molecule has 0 radical (unpaired) electrons. The van der Waals surface area contributed by atoms with E-state index in [0.29, 0.717) is 11.1 Å². The summed E-state index contributed by atoms with van der Waals surface area (Å²) >= 11 is 0. The highest BCUT2D eigenvalue weighted by Gasteiger charge is 2.04. The first-order valence-corrected chi connectivity index (χ1v) is 7.51. The van der Waals surface area contributed by atoms with Crippen molar-refractivity contribution < 1.29 is 0 Å². The van der Waals surface area contributed by atoms with Gasteiger partial charge in [-0.2, -0.15) is 10.5 Å². The molecule has 0 aliphatic rings. The molecule has 0 fully saturated rings. The van der Waals surface area contributed by atoms with Gasteiger partial charge in [0.2, 0.25) is 0 Å². The predicted octanol–water partition coefficient (Wildman–Crippen LogP) is 5.29. The zero-order valence-electron chi connectivity index (χ0n) is 13.1. The van der Waals surface area contributed by atoms with Crippen molar-refractivity contribution in [1.29, 1.82) is 10.5 Å². The van der Waals surface area contributed by atoms with Crippen LogP contribution in [0.25, 0.3) is 12.2 Å². The largest absolute Gasteiger partial charge is 0.192 e. The third-order valence-electron chi connectivity index (χ3n) is 3.25. The summed E-state index contributed by atoms with van der Waals surface area (Å²) in [6.45, 7) is 0. The maximum atomic E-state index is 9.09. The molecule has 0 atom stereocenters. The molecule has 0 unspecified atom stereocenters. The fourth-order valence-corrected chi connectivity index (χ4v) is 2.06. The van der Waals surface area contributed by atoms with Crippen LogP contribution in [0.2, 0.25) is 0 Å². The topological polar surface area (TPSA) is 47.6 Å². The van der Waals surface area contributed by atoms with Gasteiger partial charge in [-0.1, -0.05) is 91.0 Å². The molecule has 3 aromatic carbocycles. The van der Waals surface area contributed by atoms with Crippen LogP contribution in [0, 0.1) is 22.7 Å². The Bertz CT molecular complexity index is 841. The van der Waals surface area contributed by atoms with Crippen molar-refractivity contribution in [3.8, 4) is 12.1 Å². The van der Waals surface area contributed by atoms with Gasteiger partial charge < -0.3 is 0 Å². The van der Waals surface area contributed by atoms with Crippen molar-refractivity contribution >= 4 is 12.2 Å². The normalized spacial score (nSPS) is 9.42. The molecule has 24 heavy (non-hydrogen) atoms. The Morgan fingerprint density at radius 3 is 1.71 bits per heavy atom. The van der Waals surface area contributed by atoms with Gasteiger partial charge in [-0.25, -0.2) is 0 Å². The molecule has 2 nitrogen and oxygen atoms in total. The van der Waals surface area contributed by atoms with Crippen LogP contribution in [-0.2, 0) is 0 Å². The Kier molecular flexibility index (Phi) is 6.56. The molecule has 3 aromatic rings. The third kappa shape index (κ3) is 4.98. The maximum Gasteiger partial charge on any atom is 0.101 e. The first kappa shape index (κ1) is 16.7. The van der Waals surface area contributed by atoms with E-state index in [2.05, 4.69) is 6.07 Å². The van der Waals surface area contributed by atoms with E-state index < -0.39 is 0 Å². The zero-order chi connectivity index (χ0) is 17.0. The van der Waals surface area contributed by atoms with Crippen LogP contribution < -0.4 is 0 Å². The molecule has 0 bridgehead atoms. The standard InChI is InChI=1S/C16H10N2.C6H6/c17-11-15-8-4-7-14(16(15)12-18)10-9-13-5-2-1-3-6-13;1-2-4-6-5-3-1/h1-10H;1-6H. The molecule has 3 rings (SSSR count). The number of rotatable bonds is 2. The molecule has 0 N–H and O–H groups in total. The van der Waals surface area contributed by atoms with Gasteiger partial charge in [0.05, 0.1) is 11.1 Å². The zero-order valence-corrected chi connectivity index (χ0v) is 13.1. The van der Waals surface area contributed by atoms with E-state index in [0.717, 1.165) is 11.1 Å². The van der Waals surface area contributed by atoms with Gasteiger partial charge in [-0.05, 0) is 17.2 Å². The van der Waals surface area contributed by atoms with Gasteiger partial charge in [0.1, 0.15) is 12.1 Å². The summed E-state index contributed by atoms with van der Waals surface area (Å²) in [7, 11) is 0. The maximum absolute atomic E-state index is 9.09. The Balaban J connectivity index is 0.000000292. The first-order valence-electron chi connectivity index (χ1n) is 7.51. The van der Waals surface area contributed by atoms with Crippen LogP contribution in [-0.4, -0.2) is 0 Å². The number of hydrogen-bond acceptors (Lipinski definition) is 2. The predicted molar refractivity (Wildman–Crippen MR) is 97.7 cm³/mol. The smallest absolute Gasteiger partial charge is 0.101 e. The summed E-state index contributed by atoms with van der Waals surface area (Å²) in [6.07, 6.45) is 3.78. The van der Waals surface area contributed by atoms with Crippen molar-refractivity contribution in [2.45, 2.75) is 0 Å². The van der Waals surface area contributed by atoms with Crippen molar-refractivity contribution in [2.75, 3.05) is 0 Å². The van der Waals surface area contributed by atoms with E-state index in [4.69, 9.17) is 10.5 Å². The van der Waals surface area contributed by atoms with Crippen LogP contribution in [0.4, 0.5) is 0 Å². The molecular weight excluding hydrogens is 292 g/mol. The molecule has 114 valence electrons. The molecule has 2 heteroatoms. The van der Waals surface area contributed by atoms with Crippen LogP contribution in [0.15, 0.2) is 84.9 Å². The SMILES string of the molecule is N#Cc1cccc(C=Cc2ccccc2)c1C#N.c1ccccc1. The Morgan fingerprint density at radius 1 is 0.583 bits per heavy atom. The highest BCUT2D eigenvalue weighted by atomic mass is 14.3. The number of benzene rings is 3.